The summed E-state index contributed by atoms with van der Waals surface area (Å²) in [5.74, 6) is 0.811. The average molecular weight is 265 g/mol. The summed E-state index contributed by atoms with van der Waals surface area (Å²) < 4.78 is 5.37. The topological polar surface area (TPSA) is 65.3 Å². The quantitative estimate of drug-likeness (QED) is 0.481. The van der Waals surface area contributed by atoms with Crippen LogP contribution in [-0.4, -0.2) is 9.91 Å². The van der Waals surface area contributed by atoms with E-state index in [1.165, 1.54) is 12.1 Å². The predicted molar refractivity (Wildman–Crippen MR) is 67.0 cm³/mol. The van der Waals surface area contributed by atoms with Crippen LogP contribution < -0.4 is 4.74 Å². The van der Waals surface area contributed by atoms with E-state index in [0.717, 1.165) is 5.56 Å². The Morgan fingerprint density at radius 2 is 2.06 bits per heavy atom. The van der Waals surface area contributed by atoms with Gasteiger partial charge in [-0.1, -0.05) is 18.2 Å². The van der Waals surface area contributed by atoms with E-state index >= 15 is 0 Å². The molecule has 0 aliphatic heterocycles. The molecule has 2 rings (SSSR count). The number of para-hydroxylation sites is 2. The van der Waals surface area contributed by atoms with Gasteiger partial charge in [0.25, 0.3) is 0 Å². The van der Waals surface area contributed by atoms with Gasteiger partial charge in [0.15, 0.2) is 0 Å². The van der Waals surface area contributed by atoms with Crippen molar-refractivity contribution < 1.29 is 9.66 Å². The Kier molecular flexibility index (Phi) is 3.74. The summed E-state index contributed by atoms with van der Waals surface area (Å²) in [6, 6.07) is 9.51. The van der Waals surface area contributed by atoms with Gasteiger partial charge in [-0.2, -0.15) is 0 Å². The summed E-state index contributed by atoms with van der Waals surface area (Å²) in [4.78, 5) is 14.3. The molecule has 92 valence electrons. The fraction of sp³-hybridized carbons (Fsp3) is 0.0833. The largest absolute Gasteiger partial charge is 0.432 e. The second-order valence-corrected chi connectivity index (χ2v) is 3.73. The highest BCUT2D eigenvalue weighted by Gasteiger charge is 2.14. The number of hydrogen-bond donors (Lipinski definition) is 0. The molecule has 0 radical (unpaired) electrons. The highest BCUT2D eigenvalue weighted by atomic mass is 35.5. The first kappa shape index (κ1) is 12.3. The molecular formula is C12H9ClN2O3. The number of nitro groups is 1. The summed E-state index contributed by atoms with van der Waals surface area (Å²) in [5, 5.41) is 10.8. The van der Waals surface area contributed by atoms with Crippen LogP contribution in [0.4, 0.5) is 5.69 Å². The Bertz CT molecular complexity index is 558. The molecule has 0 saturated carbocycles. The van der Waals surface area contributed by atoms with E-state index in [9.17, 15) is 10.1 Å². The second-order valence-electron chi connectivity index (χ2n) is 3.47. The van der Waals surface area contributed by atoms with Crippen molar-refractivity contribution in [2.75, 3.05) is 0 Å². The fourth-order valence-electron chi connectivity index (χ4n) is 1.36. The van der Waals surface area contributed by atoms with Crippen LogP contribution in [0.2, 0.25) is 0 Å². The summed E-state index contributed by atoms with van der Waals surface area (Å²) >= 11 is 5.64. The van der Waals surface area contributed by atoms with E-state index in [1.807, 2.05) is 0 Å². The molecule has 0 bridgehead atoms. The number of alkyl halides is 1. The highest BCUT2D eigenvalue weighted by Crippen LogP contribution is 2.29. The lowest BCUT2D eigenvalue weighted by Gasteiger charge is -2.05. The van der Waals surface area contributed by atoms with Crippen LogP contribution >= 0.6 is 11.6 Å². The molecule has 0 aliphatic rings. The van der Waals surface area contributed by atoms with E-state index in [-0.39, 0.29) is 17.3 Å². The van der Waals surface area contributed by atoms with E-state index < -0.39 is 4.92 Å². The van der Waals surface area contributed by atoms with Crippen molar-refractivity contribution in [2.45, 2.75) is 5.88 Å². The molecule has 0 spiro atoms. The summed E-state index contributed by atoms with van der Waals surface area (Å²) in [5.41, 5.74) is 0.757. The van der Waals surface area contributed by atoms with E-state index in [1.54, 1.807) is 30.5 Å². The Hall–Kier alpha value is -2.14. The fourth-order valence-corrected chi connectivity index (χ4v) is 1.52. The number of nitro benzene ring substituents is 1. The number of benzene rings is 1. The van der Waals surface area contributed by atoms with Gasteiger partial charge < -0.3 is 4.74 Å². The van der Waals surface area contributed by atoms with Gasteiger partial charge in [0, 0.05) is 24.2 Å². The third kappa shape index (κ3) is 2.75. The maximum Gasteiger partial charge on any atom is 0.311 e. The minimum Gasteiger partial charge on any atom is -0.432 e. The zero-order valence-electron chi connectivity index (χ0n) is 9.25. The van der Waals surface area contributed by atoms with Crippen molar-refractivity contribution in [1.29, 1.82) is 0 Å². The van der Waals surface area contributed by atoms with Crippen LogP contribution in [0.3, 0.4) is 0 Å². The minimum absolute atomic E-state index is 0.0966. The van der Waals surface area contributed by atoms with Crippen molar-refractivity contribution in [3.05, 3.63) is 58.3 Å². The van der Waals surface area contributed by atoms with E-state index in [2.05, 4.69) is 4.98 Å². The first-order valence-electron chi connectivity index (χ1n) is 5.13. The molecule has 0 atom stereocenters. The van der Waals surface area contributed by atoms with Crippen LogP contribution in [0.5, 0.6) is 11.6 Å². The molecule has 1 aromatic carbocycles. The monoisotopic (exact) mass is 264 g/mol. The third-order valence-corrected chi connectivity index (χ3v) is 2.54. The molecule has 18 heavy (non-hydrogen) atoms. The predicted octanol–water partition coefficient (Wildman–Crippen LogP) is 3.52. The number of ether oxygens (including phenoxy) is 1. The van der Waals surface area contributed by atoms with Gasteiger partial charge in [-0.25, -0.2) is 4.98 Å². The van der Waals surface area contributed by atoms with E-state index in [0.29, 0.717) is 5.88 Å². The lowest BCUT2D eigenvalue weighted by molar-refractivity contribution is -0.385. The number of halogens is 1. The second kappa shape index (κ2) is 5.46. The minimum atomic E-state index is -0.498. The van der Waals surface area contributed by atoms with Crippen molar-refractivity contribution in [3.63, 3.8) is 0 Å². The molecular weight excluding hydrogens is 256 g/mol. The van der Waals surface area contributed by atoms with Gasteiger partial charge in [0.2, 0.25) is 11.6 Å². The molecule has 0 fully saturated rings. The number of pyridine rings is 1. The van der Waals surface area contributed by atoms with Gasteiger partial charge in [-0.3, -0.25) is 10.1 Å². The van der Waals surface area contributed by atoms with Crippen molar-refractivity contribution in [1.82, 2.24) is 4.98 Å². The third-order valence-electron chi connectivity index (χ3n) is 2.23. The molecule has 2 aromatic rings. The zero-order chi connectivity index (χ0) is 13.0. The van der Waals surface area contributed by atoms with Crippen molar-refractivity contribution in [3.8, 4) is 11.6 Å². The maximum atomic E-state index is 10.8. The van der Waals surface area contributed by atoms with Crippen LogP contribution in [0.15, 0.2) is 42.6 Å². The Morgan fingerprint density at radius 3 is 2.67 bits per heavy atom. The number of aromatic nitrogens is 1. The molecule has 1 aromatic heterocycles. The normalized spacial score (nSPS) is 10.1. The molecule has 0 aliphatic carbocycles. The molecule has 0 N–H and O–H groups in total. The molecule has 0 amide bonds. The number of hydrogen-bond acceptors (Lipinski definition) is 4. The van der Waals surface area contributed by atoms with Gasteiger partial charge in [-0.15, -0.1) is 11.6 Å². The maximum absolute atomic E-state index is 10.8. The Labute approximate surface area is 108 Å². The molecule has 0 saturated heterocycles. The molecule has 0 unspecified atom stereocenters. The van der Waals surface area contributed by atoms with Gasteiger partial charge in [0.1, 0.15) is 0 Å². The standard InChI is InChI=1S/C12H9ClN2O3/c13-7-9-5-6-12(14-8-9)18-11-4-2-1-3-10(11)15(16)17/h1-6,8H,7H2. The lowest BCUT2D eigenvalue weighted by atomic mass is 10.3. The highest BCUT2D eigenvalue weighted by molar-refractivity contribution is 6.17. The number of rotatable bonds is 4. The van der Waals surface area contributed by atoms with Gasteiger partial charge in [0.05, 0.1) is 4.92 Å². The van der Waals surface area contributed by atoms with Gasteiger partial charge >= 0.3 is 5.69 Å². The molecule has 6 heteroatoms. The smallest absolute Gasteiger partial charge is 0.311 e. The Balaban J connectivity index is 2.25. The SMILES string of the molecule is O=[N+]([O-])c1ccccc1Oc1ccc(CCl)cn1. The van der Waals surface area contributed by atoms with Crippen LogP contribution in [0.25, 0.3) is 0 Å². The molecule has 1 heterocycles. The summed E-state index contributed by atoms with van der Waals surface area (Å²) in [7, 11) is 0. The molecule has 5 nitrogen and oxygen atoms in total. The summed E-state index contributed by atoms with van der Waals surface area (Å²) in [6.45, 7) is 0. The summed E-state index contributed by atoms with van der Waals surface area (Å²) in [6.07, 6.45) is 1.57. The van der Waals surface area contributed by atoms with Crippen LogP contribution in [-0.2, 0) is 5.88 Å². The number of nitrogens with zero attached hydrogens (tertiary/aromatic N) is 2. The zero-order valence-corrected chi connectivity index (χ0v) is 10.0. The van der Waals surface area contributed by atoms with E-state index in [4.69, 9.17) is 16.3 Å². The van der Waals surface area contributed by atoms with Crippen molar-refractivity contribution >= 4 is 17.3 Å². The van der Waals surface area contributed by atoms with Crippen LogP contribution in [0, 0.1) is 10.1 Å². The van der Waals surface area contributed by atoms with Gasteiger partial charge in [-0.05, 0) is 11.6 Å². The van der Waals surface area contributed by atoms with Crippen LogP contribution in [0.1, 0.15) is 5.56 Å². The average Bonchev–Trinajstić information content (AvgIpc) is 2.40. The first-order chi connectivity index (χ1) is 8.70. The Morgan fingerprint density at radius 1 is 1.28 bits per heavy atom. The first-order valence-corrected chi connectivity index (χ1v) is 5.66. The van der Waals surface area contributed by atoms with Crippen molar-refractivity contribution in [2.24, 2.45) is 0 Å². The lowest BCUT2D eigenvalue weighted by Crippen LogP contribution is -1.94.